The molecule has 12 aromatic rings. The summed E-state index contributed by atoms with van der Waals surface area (Å²) in [4.78, 5) is 2.51. The normalized spacial score (nSPS) is 13.1. The van der Waals surface area contributed by atoms with E-state index < -0.39 is 0 Å². The van der Waals surface area contributed by atoms with Gasteiger partial charge < -0.3 is 9.47 Å². The van der Waals surface area contributed by atoms with Gasteiger partial charge in [0.15, 0.2) is 0 Å². The maximum Gasteiger partial charge on any atom is 0.0547 e. The lowest BCUT2D eigenvalue weighted by Gasteiger charge is -2.31. The molecule has 0 spiro atoms. The first-order chi connectivity index (χ1) is 34.7. The van der Waals surface area contributed by atoms with Crippen LogP contribution in [0.15, 0.2) is 249 Å². The van der Waals surface area contributed by atoms with Crippen molar-refractivity contribution in [3.8, 4) is 50.2 Å². The standard InChI is InChI=1S/C68H52N2/c1-3-18-50(19-4-1)59-31-16-22-52-23-17-32-63(68(52)59)61-29-11-14-35-66(61)69(55-43-40-48(41-44-55)47-36-38-51(39-37-47)57-30-15-21-49-20-7-8-26-56(49)57)64-33-12-9-27-58(64)53-42-45-62-60-28-10-13-34-65(60)70(67(62)46-53)54-24-5-2-6-25-54/h2,5-17,20-46,50H,1,3-4,18-19H2. The molecule has 13 rings (SSSR count). The monoisotopic (exact) mass is 896 g/mol. The molecule has 0 amide bonds. The van der Waals surface area contributed by atoms with Crippen LogP contribution in [0.1, 0.15) is 43.6 Å². The minimum Gasteiger partial charge on any atom is -0.309 e. The summed E-state index contributed by atoms with van der Waals surface area (Å²) < 4.78 is 2.42. The Morgan fingerprint density at radius 3 is 1.67 bits per heavy atom. The molecule has 1 fully saturated rings. The van der Waals surface area contributed by atoms with E-state index in [1.54, 1.807) is 0 Å². The van der Waals surface area contributed by atoms with Crippen molar-refractivity contribution in [2.24, 2.45) is 0 Å². The molecule has 1 aliphatic carbocycles. The second kappa shape index (κ2) is 17.9. The predicted octanol–water partition coefficient (Wildman–Crippen LogP) is 19.3. The number of hydrogen-bond acceptors (Lipinski definition) is 1. The summed E-state index contributed by atoms with van der Waals surface area (Å²) in [6.07, 6.45) is 6.43. The molecule has 2 nitrogen and oxygen atoms in total. The molecule has 1 aromatic heterocycles. The molecule has 11 aromatic carbocycles. The van der Waals surface area contributed by atoms with E-state index in [4.69, 9.17) is 0 Å². The molecule has 0 N–H and O–H groups in total. The first-order valence-electron chi connectivity index (χ1n) is 25.0. The number of anilines is 3. The maximum atomic E-state index is 2.51. The molecule has 0 aliphatic heterocycles. The molecule has 0 bridgehead atoms. The highest BCUT2D eigenvalue weighted by atomic mass is 15.1. The molecule has 0 radical (unpaired) electrons. The number of aromatic nitrogens is 1. The van der Waals surface area contributed by atoms with Crippen molar-refractivity contribution in [3.05, 3.63) is 254 Å². The van der Waals surface area contributed by atoms with Gasteiger partial charge in [0.25, 0.3) is 0 Å². The Hall–Kier alpha value is -8.46. The lowest BCUT2D eigenvalue weighted by atomic mass is 9.80. The molecule has 1 heterocycles. The summed E-state index contributed by atoms with van der Waals surface area (Å²) in [6, 6.07) is 92.1. The summed E-state index contributed by atoms with van der Waals surface area (Å²) >= 11 is 0. The Kier molecular flexibility index (Phi) is 10.7. The van der Waals surface area contributed by atoms with Crippen LogP contribution in [0.3, 0.4) is 0 Å². The third-order valence-electron chi connectivity index (χ3n) is 15.0. The van der Waals surface area contributed by atoms with E-state index in [1.807, 2.05) is 0 Å². The lowest BCUT2D eigenvalue weighted by Crippen LogP contribution is -2.12. The zero-order valence-corrected chi connectivity index (χ0v) is 39.2. The molecule has 2 heteroatoms. The molecule has 334 valence electrons. The second-order valence-corrected chi connectivity index (χ2v) is 19.0. The van der Waals surface area contributed by atoms with Crippen molar-refractivity contribution in [2.75, 3.05) is 4.90 Å². The summed E-state index contributed by atoms with van der Waals surface area (Å²) in [5.41, 5.74) is 18.1. The number of rotatable bonds is 9. The van der Waals surface area contributed by atoms with Gasteiger partial charge in [0.05, 0.1) is 22.4 Å². The Balaban J connectivity index is 0.980. The SMILES string of the molecule is c1ccc(-n2c3ccccc3c3ccc(-c4ccccc4N(c4ccc(-c5ccc(-c6cccc7ccccc67)cc5)cc4)c4ccccc4-c4cccc5cccc(C6CCCCC6)c45)cc32)cc1. The first kappa shape index (κ1) is 41.7. The molecule has 1 aliphatic rings. The van der Waals surface area contributed by atoms with Crippen LogP contribution in [-0.2, 0) is 0 Å². The molecular formula is C68H52N2. The first-order valence-corrected chi connectivity index (χ1v) is 25.0. The summed E-state index contributed by atoms with van der Waals surface area (Å²) in [7, 11) is 0. The van der Waals surface area contributed by atoms with Crippen molar-refractivity contribution in [2.45, 2.75) is 38.0 Å². The van der Waals surface area contributed by atoms with Crippen molar-refractivity contribution in [1.29, 1.82) is 0 Å². The molecule has 0 saturated heterocycles. The van der Waals surface area contributed by atoms with E-state index >= 15 is 0 Å². The molecule has 1 saturated carbocycles. The number of benzene rings is 11. The lowest BCUT2D eigenvalue weighted by molar-refractivity contribution is 0.445. The fourth-order valence-electron chi connectivity index (χ4n) is 11.7. The van der Waals surface area contributed by atoms with Gasteiger partial charge in [-0.05, 0) is 128 Å². The van der Waals surface area contributed by atoms with Crippen molar-refractivity contribution >= 4 is 60.4 Å². The van der Waals surface area contributed by atoms with Crippen molar-refractivity contribution < 1.29 is 0 Å². The third kappa shape index (κ3) is 7.36. The van der Waals surface area contributed by atoms with Gasteiger partial charge in [-0.15, -0.1) is 0 Å². The Morgan fingerprint density at radius 1 is 0.343 bits per heavy atom. The predicted molar refractivity (Wildman–Crippen MR) is 298 cm³/mol. The number of nitrogens with zero attached hydrogens (tertiary/aromatic N) is 2. The fraction of sp³-hybridized carbons (Fsp3) is 0.0882. The minimum absolute atomic E-state index is 0.567. The van der Waals surface area contributed by atoms with E-state index in [-0.39, 0.29) is 0 Å². The van der Waals surface area contributed by atoms with Gasteiger partial charge in [0.1, 0.15) is 0 Å². The van der Waals surface area contributed by atoms with Crippen LogP contribution in [-0.4, -0.2) is 4.57 Å². The Bertz CT molecular complexity index is 3840. The summed E-state index contributed by atoms with van der Waals surface area (Å²) in [5.74, 6) is 0.567. The summed E-state index contributed by atoms with van der Waals surface area (Å²) in [5, 5.41) is 7.72. The van der Waals surface area contributed by atoms with Gasteiger partial charge in [-0.3, -0.25) is 0 Å². The van der Waals surface area contributed by atoms with Gasteiger partial charge in [0.2, 0.25) is 0 Å². The topological polar surface area (TPSA) is 8.17 Å². The van der Waals surface area contributed by atoms with Crippen LogP contribution in [0.5, 0.6) is 0 Å². The highest BCUT2D eigenvalue weighted by Crippen LogP contribution is 2.48. The zero-order valence-electron chi connectivity index (χ0n) is 39.2. The average molecular weight is 897 g/mol. The Morgan fingerprint density at radius 2 is 0.886 bits per heavy atom. The molecule has 0 atom stereocenters. The molecular weight excluding hydrogens is 845 g/mol. The van der Waals surface area contributed by atoms with E-state index in [1.165, 1.54) is 120 Å². The van der Waals surface area contributed by atoms with Crippen LogP contribution in [0.2, 0.25) is 0 Å². The molecule has 70 heavy (non-hydrogen) atoms. The van der Waals surface area contributed by atoms with Crippen LogP contribution in [0, 0.1) is 0 Å². The third-order valence-corrected chi connectivity index (χ3v) is 15.0. The molecule has 0 unspecified atom stereocenters. The summed E-state index contributed by atoms with van der Waals surface area (Å²) in [6.45, 7) is 0. The second-order valence-electron chi connectivity index (χ2n) is 19.0. The van der Waals surface area contributed by atoms with E-state index in [2.05, 4.69) is 258 Å². The van der Waals surface area contributed by atoms with E-state index in [9.17, 15) is 0 Å². The number of hydrogen-bond donors (Lipinski definition) is 0. The zero-order chi connectivity index (χ0) is 46.4. The van der Waals surface area contributed by atoms with Crippen LogP contribution in [0.25, 0.3) is 93.5 Å². The maximum absolute atomic E-state index is 2.51. The smallest absolute Gasteiger partial charge is 0.0547 e. The minimum atomic E-state index is 0.567. The largest absolute Gasteiger partial charge is 0.309 e. The van der Waals surface area contributed by atoms with Gasteiger partial charge >= 0.3 is 0 Å². The highest BCUT2D eigenvalue weighted by molar-refractivity contribution is 6.11. The van der Waals surface area contributed by atoms with Gasteiger partial charge in [-0.2, -0.15) is 0 Å². The van der Waals surface area contributed by atoms with Gasteiger partial charge in [0, 0.05) is 33.3 Å². The number of para-hydroxylation sites is 4. The van der Waals surface area contributed by atoms with E-state index in [0.29, 0.717) is 5.92 Å². The van der Waals surface area contributed by atoms with Crippen LogP contribution >= 0.6 is 0 Å². The van der Waals surface area contributed by atoms with Crippen molar-refractivity contribution in [3.63, 3.8) is 0 Å². The van der Waals surface area contributed by atoms with E-state index in [0.717, 1.165) is 28.3 Å². The Labute approximate surface area is 410 Å². The van der Waals surface area contributed by atoms with Crippen LogP contribution in [0.4, 0.5) is 17.1 Å². The number of fused-ring (bicyclic) bond motifs is 5. The van der Waals surface area contributed by atoms with Crippen LogP contribution < -0.4 is 4.90 Å². The fourth-order valence-corrected chi connectivity index (χ4v) is 11.7. The van der Waals surface area contributed by atoms with Crippen molar-refractivity contribution in [1.82, 2.24) is 4.57 Å². The van der Waals surface area contributed by atoms with Gasteiger partial charge in [-0.25, -0.2) is 0 Å². The highest BCUT2D eigenvalue weighted by Gasteiger charge is 2.25. The van der Waals surface area contributed by atoms with Gasteiger partial charge in [-0.1, -0.05) is 219 Å². The quantitative estimate of drug-likeness (QED) is 0.140. The average Bonchev–Trinajstić information content (AvgIpc) is 3.77.